The number of pyridine rings is 2. The first-order valence-electron chi connectivity index (χ1n) is 12.0. The molecule has 9 heteroatoms. The van der Waals surface area contributed by atoms with Gasteiger partial charge in [0.05, 0.1) is 34.7 Å². The Morgan fingerprint density at radius 2 is 1.86 bits per heavy atom. The van der Waals surface area contributed by atoms with Crippen LogP contribution in [0.4, 0.5) is 11.5 Å². The van der Waals surface area contributed by atoms with Crippen LogP contribution in [0.5, 0.6) is 0 Å². The maximum atomic E-state index is 13.5. The molecular formula is C26H31N7O2. The minimum absolute atomic E-state index is 0.102. The summed E-state index contributed by atoms with van der Waals surface area (Å²) in [6.45, 7) is 11.8. The summed E-state index contributed by atoms with van der Waals surface area (Å²) in [6, 6.07) is 7.72. The van der Waals surface area contributed by atoms with E-state index in [1.807, 2.05) is 56.6 Å². The van der Waals surface area contributed by atoms with E-state index in [0.717, 1.165) is 49.1 Å². The summed E-state index contributed by atoms with van der Waals surface area (Å²) in [5.41, 5.74) is 3.38. The Kier molecular flexibility index (Phi) is 6.02. The Hall–Kier alpha value is -3.72. The number of hydrogen-bond acceptors (Lipinski definition) is 7. The third kappa shape index (κ3) is 4.51. The average molecular weight is 474 g/mol. The lowest BCUT2D eigenvalue weighted by Gasteiger charge is -2.33. The van der Waals surface area contributed by atoms with Gasteiger partial charge < -0.3 is 19.5 Å². The Morgan fingerprint density at radius 3 is 2.49 bits per heavy atom. The van der Waals surface area contributed by atoms with E-state index < -0.39 is 0 Å². The normalized spacial score (nSPS) is 14.7. The fraction of sp³-hybridized carbons (Fsp3) is 0.385. The SMILES string of the molecule is Cc1cc(-c2cc(C(=O)Nc3ccc(N4CCN(C)CC4)nc3)c3cnn(C(C)C)c3n2)c(C)o1. The number of carbonyl (C=O) groups excluding carboxylic acids is 1. The van der Waals surface area contributed by atoms with E-state index in [9.17, 15) is 4.79 Å². The monoisotopic (exact) mass is 473 g/mol. The first-order chi connectivity index (χ1) is 16.8. The van der Waals surface area contributed by atoms with Crippen molar-refractivity contribution in [3.05, 3.63) is 53.7 Å². The lowest BCUT2D eigenvalue weighted by Crippen LogP contribution is -2.44. The van der Waals surface area contributed by atoms with Gasteiger partial charge in [-0.25, -0.2) is 14.6 Å². The van der Waals surface area contributed by atoms with Crippen molar-refractivity contribution < 1.29 is 9.21 Å². The van der Waals surface area contributed by atoms with Gasteiger partial charge in [-0.1, -0.05) is 0 Å². The van der Waals surface area contributed by atoms with Crippen LogP contribution in [-0.2, 0) is 0 Å². The zero-order chi connectivity index (χ0) is 24.7. The molecule has 0 bridgehead atoms. The maximum Gasteiger partial charge on any atom is 0.256 e. The molecule has 1 saturated heterocycles. The fourth-order valence-electron chi connectivity index (χ4n) is 4.49. The number of carbonyl (C=O) groups is 1. The van der Waals surface area contributed by atoms with Crippen molar-refractivity contribution in [3.8, 4) is 11.3 Å². The standard InChI is InChI=1S/C26H31N7O2/c1-16(2)33-25-22(15-28-33)21(13-23(30-25)20-12-17(3)35-18(20)4)26(34)29-19-6-7-24(27-14-19)32-10-8-31(5)9-11-32/h6-7,12-16H,8-11H2,1-5H3,(H,29,34). The van der Waals surface area contributed by atoms with E-state index in [0.29, 0.717) is 28.0 Å². The van der Waals surface area contributed by atoms with Gasteiger partial charge in [-0.15, -0.1) is 0 Å². The summed E-state index contributed by atoms with van der Waals surface area (Å²) < 4.78 is 7.56. The molecule has 0 unspecified atom stereocenters. The second kappa shape index (κ2) is 9.14. The number of rotatable bonds is 5. The molecule has 0 radical (unpaired) electrons. The van der Waals surface area contributed by atoms with Crippen molar-refractivity contribution in [1.82, 2.24) is 24.6 Å². The first-order valence-corrected chi connectivity index (χ1v) is 12.0. The number of nitrogens with zero attached hydrogens (tertiary/aromatic N) is 6. The van der Waals surface area contributed by atoms with Crippen molar-refractivity contribution >= 4 is 28.4 Å². The highest BCUT2D eigenvalue weighted by Gasteiger charge is 2.21. The summed E-state index contributed by atoms with van der Waals surface area (Å²) in [5, 5.41) is 8.22. The van der Waals surface area contributed by atoms with Gasteiger partial charge in [0.15, 0.2) is 5.65 Å². The van der Waals surface area contributed by atoms with E-state index in [4.69, 9.17) is 9.40 Å². The minimum Gasteiger partial charge on any atom is -0.466 e. The highest BCUT2D eigenvalue weighted by atomic mass is 16.3. The van der Waals surface area contributed by atoms with Crippen molar-refractivity contribution in [2.24, 2.45) is 0 Å². The van der Waals surface area contributed by atoms with Crippen LogP contribution < -0.4 is 10.2 Å². The number of piperazine rings is 1. The third-order valence-corrected chi connectivity index (χ3v) is 6.45. The van der Waals surface area contributed by atoms with Gasteiger partial charge >= 0.3 is 0 Å². The molecule has 5 heterocycles. The molecule has 9 nitrogen and oxygen atoms in total. The van der Waals surface area contributed by atoms with E-state index in [1.165, 1.54) is 0 Å². The van der Waals surface area contributed by atoms with Crippen LogP contribution in [-0.4, -0.2) is 63.8 Å². The van der Waals surface area contributed by atoms with E-state index >= 15 is 0 Å². The number of furan rings is 1. The zero-order valence-corrected chi connectivity index (χ0v) is 20.9. The van der Waals surface area contributed by atoms with Crippen molar-refractivity contribution in [2.45, 2.75) is 33.7 Å². The molecule has 1 N–H and O–H groups in total. The predicted octanol–water partition coefficient (Wildman–Crippen LogP) is 4.29. The highest BCUT2D eigenvalue weighted by Crippen LogP contribution is 2.30. The molecule has 0 atom stereocenters. The fourth-order valence-corrected chi connectivity index (χ4v) is 4.49. The maximum absolute atomic E-state index is 13.5. The molecular weight excluding hydrogens is 442 g/mol. The van der Waals surface area contributed by atoms with Gasteiger partial charge in [0.2, 0.25) is 0 Å². The zero-order valence-electron chi connectivity index (χ0n) is 20.9. The first kappa shape index (κ1) is 23.0. The van der Waals surface area contributed by atoms with E-state index in [2.05, 4.69) is 32.2 Å². The topological polar surface area (TPSA) is 92.3 Å². The van der Waals surface area contributed by atoms with Crippen LogP contribution in [0.1, 0.15) is 41.8 Å². The van der Waals surface area contributed by atoms with Crippen molar-refractivity contribution in [2.75, 3.05) is 43.4 Å². The summed E-state index contributed by atoms with van der Waals surface area (Å²) >= 11 is 0. The number of nitrogens with one attached hydrogen (secondary N) is 1. The molecule has 0 aliphatic carbocycles. The van der Waals surface area contributed by atoms with Gasteiger partial charge in [-0.3, -0.25) is 4.79 Å². The molecule has 1 fully saturated rings. The molecule has 1 aliphatic rings. The molecule has 0 aromatic carbocycles. The smallest absolute Gasteiger partial charge is 0.256 e. The Balaban J connectivity index is 1.46. The van der Waals surface area contributed by atoms with Crippen LogP contribution >= 0.6 is 0 Å². The summed E-state index contributed by atoms with van der Waals surface area (Å²) in [4.78, 5) is 27.5. The van der Waals surface area contributed by atoms with Crippen molar-refractivity contribution in [1.29, 1.82) is 0 Å². The van der Waals surface area contributed by atoms with Gasteiger partial charge in [0, 0.05) is 37.8 Å². The van der Waals surface area contributed by atoms with E-state index in [1.54, 1.807) is 12.4 Å². The van der Waals surface area contributed by atoms with Gasteiger partial charge in [0.25, 0.3) is 5.91 Å². The number of anilines is 2. The number of aryl methyl sites for hydroxylation is 2. The molecule has 0 saturated carbocycles. The van der Waals surface area contributed by atoms with Gasteiger partial charge in [-0.2, -0.15) is 5.10 Å². The lowest BCUT2D eigenvalue weighted by molar-refractivity contribution is 0.102. The number of amides is 1. The summed E-state index contributed by atoms with van der Waals surface area (Å²) in [7, 11) is 2.13. The van der Waals surface area contributed by atoms with Crippen molar-refractivity contribution in [3.63, 3.8) is 0 Å². The number of likely N-dealkylation sites (N-methyl/N-ethyl adjacent to an activating group) is 1. The average Bonchev–Trinajstić information content (AvgIpc) is 3.42. The minimum atomic E-state index is -0.228. The quantitative estimate of drug-likeness (QED) is 0.462. The van der Waals surface area contributed by atoms with Gasteiger partial charge in [0.1, 0.15) is 17.3 Å². The van der Waals surface area contributed by atoms with Crippen LogP contribution in [0.15, 0.2) is 41.1 Å². The third-order valence-electron chi connectivity index (χ3n) is 6.45. The molecule has 35 heavy (non-hydrogen) atoms. The number of aromatic nitrogens is 4. The Morgan fingerprint density at radius 1 is 1.09 bits per heavy atom. The predicted molar refractivity (Wildman–Crippen MR) is 137 cm³/mol. The lowest BCUT2D eigenvalue weighted by atomic mass is 10.1. The van der Waals surface area contributed by atoms with Crippen LogP contribution in [0.3, 0.4) is 0 Å². The summed E-state index contributed by atoms with van der Waals surface area (Å²) in [6.07, 6.45) is 3.43. The second-order valence-corrected chi connectivity index (χ2v) is 9.45. The largest absolute Gasteiger partial charge is 0.466 e. The highest BCUT2D eigenvalue weighted by molar-refractivity contribution is 6.12. The van der Waals surface area contributed by atoms with E-state index in [-0.39, 0.29) is 11.9 Å². The van der Waals surface area contributed by atoms with Gasteiger partial charge in [-0.05, 0) is 59.0 Å². The molecule has 1 amide bonds. The molecule has 1 aliphatic heterocycles. The molecule has 0 spiro atoms. The Bertz CT molecular complexity index is 1360. The van der Waals surface area contributed by atoms with Crippen LogP contribution in [0.2, 0.25) is 0 Å². The Labute approximate surface area is 204 Å². The van der Waals surface area contributed by atoms with Crippen LogP contribution in [0, 0.1) is 13.8 Å². The molecule has 182 valence electrons. The molecule has 4 aromatic heterocycles. The second-order valence-electron chi connectivity index (χ2n) is 9.45. The molecule has 5 rings (SSSR count). The number of hydrogen-bond donors (Lipinski definition) is 1. The summed E-state index contributed by atoms with van der Waals surface area (Å²) in [5.74, 6) is 2.26. The van der Waals surface area contributed by atoms with Crippen LogP contribution in [0.25, 0.3) is 22.3 Å². The number of fused-ring (bicyclic) bond motifs is 1. The molecule has 4 aromatic rings.